The standard InChI is InChI=1S/C16H25N3/c1-13-8-16(15-5-3-7-18-10-15)19(11-13)12-14-4-2-6-17-9-14/h3,5,7,10,13-14,16-17H,2,4,6,8-9,11-12H2,1H3. The molecule has 2 fully saturated rings. The molecule has 0 amide bonds. The molecule has 3 atom stereocenters. The van der Waals surface area contributed by atoms with Crippen LogP contribution in [0.15, 0.2) is 24.5 Å². The third kappa shape index (κ3) is 3.15. The van der Waals surface area contributed by atoms with Gasteiger partial charge in [0, 0.05) is 31.5 Å². The molecule has 3 heterocycles. The van der Waals surface area contributed by atoms with Crippen LogP contribution in [0, 0.1) is 11.8 Å². The molecule has 1 N–H and O–H groups in total. The van der Waals surface area contributed by atoms with Gasteiger partial charge in [-0.3, -0.25) is 9.88 Å². The molecule has 19 heavy (non-hydrogen) atoms. The summed E-state index contributed by atoms with van der Waals surface area (Å²) in [6.45, 7) is 7.28. The lowest BCUT2D eigenvalue weighted by atomic mass is 9.98. The van der Waals surface area contributed by atoms with Crippen molar-refractivity contribution in [2.75, 3.05) is 26.2 Å². The molecule has 0 radical (unpaired) electrons. The maximum Gasteiger partial charge on any atom is 0.0366 e. The fourth-order valence-electron chi connectivity index (χ4n) is 3.67. The summed E-state index contributed by atoms with van der Waals surface area (Å²) in [6.07, 6.45) is 7.93. The summed E-state index contributed by atoms with van der Waals surface area (Å²) in [5.74, 6) is 1.64. The number of nitrogens with zero attached hydrogens (tertiary/aromatic N) is 2. The molecule has 0 spiro atoms. The minimum atomic E-state index is 0.589. The van der Waals surface area contributed by atoms with Gasteiger partial charge in [-0.05, 0) is 55.8 Å². The van der Waals surface area contributed by atoms with Crippen LogP contribution in [0.2, 0.25) is 0 Å². The second-order valence-corrected chi connectivity index (χ2v) is 6.31. The molecule has 0 bridgehead atoms. The lowest BCUT2D eigenvalue weighted by Gasteiger charge is -2.31. The predicted molar refractivity (Wildman–Crippen MR) is 77.9 cm³/mol. The minimum Gasteiger partial charge on any atom is -0.316 e. The van der Waals surface area contributed by atoms with Crippen molar-refractivity contribution < 1.29 is 0 Å². The zero-order chi connectivity index (χ0) is 13.1. The van der Waals surface area contributed by atoms with Gasteiger partial charge in [0.1, 0.15) is 0 Å². The summed E-state index contributed by atoms with van der Waals surface area (Å²) in [4.78, 5) is 6.99. The average molecular weight is 259 g/mol. The molecule has 3 rings (SSSR count). The highest BCUT2D eigenvalue weighted by atomic mass is 15.2. The Kier molecular flexibility index (Phi) is 4.14. The smallest absolute Gasteiger partial charge is 0.0366 e. The maximum atomic E-state index is 4.30. The van der Waals surface area contributed by atoms with Gasteiger partial charge in [-0.1, -0.05) is 13.0 Å². The largest absolute Gasteiger partial charge is 0.316 e. The van der Waals surface area contributed by atoms with E-state index in [-0.39, 0.29) is 0 Å². The maximum absolute atomic E-state index is 4.30. The van der Waals surface area contributed by atoms with Gasteiger partial charge >= 0.3 is 0 Å². The van der Waals surface area contributed by atoms with E-state index >= 15 is 0 Å². The fraction of sp³-hybridized carbons (Fsp3) is 0.688. The molecule has 3 unspecified atom stereocenters. The van der Waals surface area contributed by atoms with Crippen LogP contribution in [-0.2, 0) is 0 Å². The van der Waals surface area contributed by atoms with Crippen molar-refractivity contribution in [3.63, 3.8) is 0 Å². The molecule has 2 saturated heterocycles. The van der Waals surface area contributed by atoms with Crippen LogP contribution in [0.5, 0.6) is 0 Å². The molecule has 2 aliphatic rings. The Bertz CT molecular complexity index is 386. The molecular formula is C16H25N3. The molecule has 1 aromatic heterocycles. The van der Waals surface area contributed by atoms with E-state index in [1.165, 1.54) is 51.0 Å². The number of hydrogen-bond acceptors (Lipinski definition) is 3. The fourth-order valence-corrected chi connectivity index (χ4v) is 3.67. The quantitative estimate of drug-likeness (QED) is 0.904. The van der Waals surface area contributed by atoms with E-state index in [0.29, 0.717) is 6.04 Å². The second-order valence-electron chi connectivity index (χ2n) is 6.31. The highest BCUT2D eigenvalue weighted by molar-refractivity contribution is 5.16. The van der Waals surface area contributed by atoms with Crippen LogP contribution in [0.4, 0.5) is 0 Å². The van der Waals surface area contributed by atoms with E-state index in [1.54, 1.807) is 0 Å². The van der Waals surface area contributed by atoms with Crippen LogP contribution in [0.1, 0.15) is 37.8 Å². The van der Waals surface area contributed by atoms with Crippen LogP contribution >= 0.6 is 0 Å². The predicted octanol–water partition coefficient (Wildman–Crippen LogP) is 2.46. The summed E-state index contributed by atoms with van der Waals surface area (Å²) >= 11 is 0. The van der Waals surface area contributed by atoms with Crippen molar-refractivity contribution in [3.8, 4) is 0 Å². The molecule has 0 aliphatic carbocycles. The highest BCUT2D eigenvalue weighted by Gasteiger charge is 2.32. The number of hydrogen-bond donors (Lipinski definition) is 1. The van der Waals surface area contributed by atoms with E-state index in [0.717, 1.165) is 11.8 Å². The Labute approximate surface area is 116 Å². The van der Waals surface area contributed by atoms with Gasteiger partial charge in [-0.2, -0.15) is 0 Å². The summed E-state index contributed by atoms with van der Waals surface area (Å²) in [6, 6.07) is 4.89. The summed E-state index contributed by atoms with van der Waals surface area (Å²) < 4.78 is 0. The second kappa shape index (κ2) is 6.02. The number of nitrogens with one attached hydrogen (secondary N) is 1. The topological polar surface area (TPSA) is 28.2 Å². The summed E-state index contributed by atoms with van der Waals surface area (Å²) in [5.41, 5.74) is 1.40. The van der Waals surface area contributed by atoms with E-state index in [4.69, 9.17) is 0 Å². The van der Waals surface area contributed by atoms with Crippen LogP contribution in [-0.4, -0.2) is 36.1 Å². The zero-order valence-electron chi connectivity index (χ0n) is 11.9. The van der Waals surface area contributed by atoms with Crippen molar-refractivity contribution in [3.05, 3.63) is 30.1 Å². The van der Waals surface area contributed by atoms with Crippen molar-refractivity contribution in [2.45, 2.75) is 32.2 Å². The van der Waals surface area contributed by atoms with E-state index in [9.17, 15) is 0 Å². The Morgan fingerprint density at radius 3 is 3.16 bits per heavy atom. The first-order valence-corrected chi connectivity index (χ1v) is 7.67. The number of pyridine rings is 1. The highest BCUT2D eigenvalue weighted by Crippen LogP contribution is 2.35. The van der Waals surface area contributed by atoms with Gasteiger partial charge in [0.15, 0.2) is 0 Å². The lowest BCUT2D eigenvalue weighted by molar-refractivity contribution is 0.193. The molecular weight excluding hydrogens is 234 g/mol. The Morgan fingerprint density at radius 1 is 1.47 bits per heavy atom. The van der Waals surface area contributed by atoms with E-state index in [2.05, 4.69) is 40.5 Å². The molecule has 0 aromatic carbocycles. The monoisotopic (exact) mass is 259 g/mol. The lowest BCUT2D eigenvalue weighted by Crippen LogP contribution is -2.38. The minimum absolute atomic E-state index is 0.589. The molecule has 3 heteroatoms. The first-order chi connectivity index (χ1) is 9.33. The van der Waals surface area contributed by atoms with Crippen LogP contribution in [0.3, 0.4) is 0 Å². The average Bonchev–Trinajstić information content (AvgIpc) is 2.82. The molecule has 3 nitrogen and oxygen atoms in total. The molecule has 2 aliphatic heterocycles. The van der Waals surface area contributed by atoms with Gasteiger partial charge < -0.3 is 5.32 Å². The molecule has 104 valence electrons. The van der Waals surface area contributed by atoms with E-state index in [1.807, 2.05) is 6.20 Å². The van der Waals surface area contributed by atoms with Gasteiger partial charge in [-0.15, -0.1) is 0 Å². The first kappa shape index (κ1) is 13.1. The van der Waals surface area contributed by atoms with Crippen molar-refractivity contribution in [2.24, 2.45) is 11.8 Å². The third-order valence-electron chi connectivity index (χ3n) is 4.57. The SMILES string of the molecule is CC1CC(c2cccnc2)N(CC2CCCNC2)C1. The van der Waals surface area contributed by atoms with Crippen molar-refractivity contribution in [1.29, 1.82) is 0 Å². The zero-order valence-corrected chi connectivity index (χ0v) is 11.9. The van der Waals surface area contributed by atoms with Crippen LogP contribution < -0.4 is 5.32 Å². The van der Waals surface area contributed by atoms with Gasteiger partial charge in [-0.25, -0.2) is 0 Å². The van der Waals surface area contributed by atoms with Crippen molar-refractivity contribution >= 4 is 0 Å². The Hall–Kier alpha value is -0.930. The number of likely N-dealkylation sites (tertiary alicyclic amines) is 1. The van der Waals surface area contributed by atoms with Crippen molar-refractivity contribution in [1.82, 2.24) is 15.2 Å². The Morgan fingerprint density at radius 2 is 2.42 bits per heavy atom. The third-order valence-corrected chi connectivity index (χ3v) is 4.57. The van der Waals surface area contributed by atoms with E-state index < -0.39 is 0 Å². The first-order valence-electron chi connectivity index (χ1n) is 7.67. The van der Waals surface area contributed by atoms with Crippen LogP contribution in [0.25, 0.3) is 0 Å². The van der Waals surface area contributed by atoms with Gasteiger partial charge in [0.2, 0.25) is 0 Å². The molecule has 0 saturated carbocycles. The van der Waals surface area contributed by atoms with Gasteiger partial charge in [0.05, 0.1) is 0 Å². The number of rotatable bonds is 3. The normalized spacial score (nSPS) is 32.6. The van der Waals surface area contributed by atoms with Gasteiger partial charge in [0.25, 0.3) is 0 Å². The molecule has 1 aromatic rings. The Balaban J connectivity index is 1.68. The summed E-state index contributed by atoms with van der Waals surface area (Å²) in [5, 5.41) is 3.54. The number of piperidine rings is 1. The number of aromatic nitrogens is 1. The summed E-state index contributed by atoms with van der Waals surface area (Å²) in [7, 11) is 0.